The minimum Gasteiger partial charge on any atom is -0.493 e. The maximum Gasteiger partial charge on any atom is 0.335 e. The average Bonchev–Trinajstić information content (AvgIpc) is 2.81. The van der Waals surface area contributed by atoms with E-state index in [2.05, 4.69) is 15.9 Å². The highest BCUT2D eigenvalue weighted by atomic mass is 79.9. The van der Waals surface area contributed by atoms with Gasteiger partial charge >= 0.3 is 5.97 Å². The topological polar surface area (TPSA) is 55.8 Å². The van der Waals surface area contributed by atoms with Crippen molar-refractivity contribution in [2.45, 2.75) is 6.61 Å². The highest BCUT2D eigenvalue weighted by Crippen LogP contribution is 2.30. The number of methoxy groups -OCH3 is 1. The van der Waals surface area contributed by atoms with Crippen molar-refractivity contribution in [2.24, 2.45) is 0 Å². The molecule has 0 saturated heterocycles. The molecule has 0 aliphatic carbocycles. The van der Waals surface area contributed by atoms with E-state index in [0.717, 1.165) is 8.66 Å². The summed E-state index contributed by atoms with van der Waals surface area (Å²) in [5.41, 5.74) is 0.170. The summed E-state index contributed by atoms with van der Waals surface area (Å²) in [6.45, 7) is 0.371. The Morgan fingerprint density at radius 1 is 1.32 bits per heavy atom. The van der Waals surface area contributed by atoms with E-state index in [1.54, 1.807) is 17.4 Å². The second kappa shape index (κ2) is 6.08. The Morgan fingerprint density at radius 2 is 2.11 bits per heavy atom. The van der Waals surface area contributed by atoms with Crippen molar-refractivity contribution in [3.05, 3.63) is 44.6 Å². The number of thiophene rings is 1. The lowest BCUT2D eigenvalue weighted by Gasteiger charge is -2.10. The second-order valence-corrected chi connectivity index (χ2v) is 6.21. The molecule has 1 aromatic carbocycles. The van der Waals surface area contributed by atoms with Crippen LogP contribution in [0.5, 0.6) is 11.5 Å². The fraction of sp³-hybridized carbons (Fsp3) is 0.154. The van der Waals surface area contributed by atoms with Gasteiger partial charge in [0.15, 0.2) is 11.5 Å². The van der Waals surface area contributed by atoms with Crippen molar-refractivity contribution in [1.82, 2.24) is 0 Å². The predicted molar refractivity (Wildman–Crippen MR) is 76.3 cm³/mol. The van der Waals surface area contributed by atoms with Crippen molar-refractivity contribution < 1.29 is 19.4 Å². The van der Waals surface area contributed by atoms with Crippen LogP contribution in [0.15, 0.2) is 34.1 Å². The van der Waals surface area contributed by atoms with Gasteiger partial charge in [0, 0.05) is 4.88 Å². The standard InChI is InChI=1S/C13H11BrO4S/c1-17-10-4-2-8(13(15)16)6-11(10)18-7-9-3-5-12(14)19-9/h2-6H,7H2,1H3,(H,15,16). The van der Waals surface area contributed by atoms with Crippen LogP contribution in [0.1, 0.15) is 15.2 Å². The molecule has 0 atom stereocenters. The molecule has 0 saturated carbocycles. The van der Waals surface area contributed by atoms with Crippen LogP contribution in [-0.2, 0) is 6.61 Å². The molecule has 4 nitrogen and oxygen atoms in total. The highest BCUT2D eigenvalue weighted by molar-refractivity contribution is 9.11. The van der Waals surface area contributed by atoms with E-state index < -0.39 is 5.97 Å². The lowest BCUT2D eigenvalue weighted by atomic mass is 10.2. The van der Waals surface area contributed by atoms with Crippen LogP contribution in [-0.4, -0.2) is 18.2 Å². The number of carbonyl (C=O) groups is 1. The lowest BCUT2D eigenvalue weighted by molar-refractivity contribution is 0.0696. The Labute approximate surface area is 122 Å². The molecule has 6 heteroatoms. The number of halogens is 1. The summed E-state index contributed by atoms with van der Waals surface area (Å²) in [5.74, 6) is -0.0566. The molecule has 2 aromatic rings. The first-order valence-corrected chi connectivity index (χ1v) is 6.99. The molecule has 2 rings (SSSR count). The minimum absolute atomic E-state index is 0.170. The number of hydrogen-bond acceptors (Lipinski definition) is 4. The van der Waals surface area contributed by atoms with E-state index in [-0.39, 0.29) is 5.56 Å². The molecule has 0 spiro atoms. The largest absolute Gasteiger partial charge is 0.493 e. The van der Waals surface area contributed by atoms with Crippen molar-refractivity contribution in [3.8, 4) is 11.5 Å². The van der Waals surface area contributed by atoms with Gasteiger partial charge in [0.05, 0.1) is 16.5 Å². The van der Waals surface area contributed by atoms with Crippen LogP contribution in [0.4, 0.5) is 0 Å². The van der Waals surface area contributed by atoms with Crippen molar-refractivity contribution >= 4 is 33.2 Å². The van der Waals surface area contributed by atoms with Crippen LogP contribution in [0.2, 0.25) is 0 Å². The summed E-state index contributed by atoms with van der Waals surface area (Å²) in [6, 6.07) is 8.42. The van der Waals surface area contributed by atoms with Crippen molar-refractivity contribution in [1.29, 1.82) is 0 Å². The number of ether oxygens (including phenoxy) is 2. The predicted octanol–water partition coefficient (Wildman–Crippen LogP) is 3.80. The molecule has 1 heterocycles. The van der Waals surface area contributed by atoms with Gasteiger partial charge in [-0.1, -0.05) is 0 Å². The van der Waals surface area contributed by atoms with Gasteiger partial charge in [-0.25, -0.2) is 4.79 Å². The first kappa shape index (κ1) is 13.9. The zero-order valence-electron chi connectivity index (χ0n) is 10.1. The number of rotatable bonds is 5. The third-order valence-electron chi connectivity index (χ3n) is 2.41. The van der Waals surface area contributed by atoms with Crippen LogP contribution >= 0.6 is 27.3 Å². The molecule has 1 aromatic heterocycles. The van der Waals surface area contributed by atoms with Crippen molar-refractivity contribution in [2.75, 3.05) is 7.11 Å². The molecule has 0 aliphatic heterocycles. The van der Waals surface area contributed by atoms with Gasteiger partial charge in [0.2, 0.25) is 0 Å². The summed E-state index contributed by atoms with van der Waals surface area (Å²) in [5, 5.41) is 8.96. The molecular weight excluding hydrogens is 332 g/mol. The average molecular weight is 343 g/mol. The van der Waals surface area contributed by atoms with E-state index in [9.17, 15) is 4.79 Å². The molecular formula is C13H11BrO4S. The Hall–Kier alpha value is -1.53. The van der Waals surface area contributed by atoms with Crippen LogP contribution in [0, 0.1) is 0 Å². The quantitative estimate of drug-likeness (QED) is 0.897. The third kappa shape index (κ3) is 3.48. The zero-order valence-corrected chi connectivity index (χ0v) is 12.5. The highest BCUT2D eigenvalue weighted by Gasteiger charge is 2.10. The molecule has 0 fully saturated rings. The summed E-state index contributed by atoms with van der Waals surface area (Å²) in [7, 11) is 1.52. The summed E-state index contributed by atoms with van der Waals surface area (Å²) in [4.78, 5) is 12.0. The van der Waals surface area contributed by atoms with E-state index in [1.807, 2.05) is 12.1 Å². The molecule has 100 valence electrons. The van der Waals surface area contributed by atoms with Gasteiger partial charge < -0.3 is 14.6 Å². The summed E-state index contributed by atoms with van der Waals surface area (Å²) >= 11 is 4.94. The normalized spacial score (nSPS) is 10.2. The number of carboxylic acid groups (broad SMARTS) is 1. The van der Waals surface area contributed by atoms with Crippen LogP contribution in [0.25, 0.3) is 0 Å². The SMILES string of the molecule is COc1ccc(C(=O)O)cc1OCc1ccc(Br)s1. The number of carboxylic acids is 1. The van der Waals surface area contributed by atoms with Crippen LogP contribution in [0.3, 0.4) is 0 Å². The second-order valence-electron chi connectivity index (χ2n) is 3.67. The zero-order chi connectivity index (χ0) is 13.8. The number of benzene rings is 1. The van der Waals surface area contributed by atoms with E-state index in [4.69, 9.17) is 14.6 Å². The molecule has 0 radical (unpaired) electrons. The molecule has 0 aliphatic rings. The van der Waals surface area contributed by atoms with Crippen LogP contribution < -0.4 is 9.47 Å². The molecule has 19 heavy (non-hydrogen) atoms. The minimum atomic E-state index is -0.994. The van der Waals surface area contributed by atoms with Crippen molar-refractivity contribution in [3.63, 3.8) is 0 Å². The van der Waals surface area contributed by atoms with Gasteiger partial charge in [-0.15, -0.1) is 11.3 Å². The molecule has 0 unspecified atom stereocenters. The first-order chi connectivity index (χ1) is 9.10. The monoisotopic (exact) mass is 342 g/mol. The maximum absolute atomic E-state index is 10.9. The molecule has 0 amide bonds. The Balaban J connectivity index is 2.17. The fourth-order valence-electron chi connectivity index (χ4n) is 1.50. The number of hydrogen-bond donors (Lipinski definition) is 1. The lowest BCUT2D eigenvalue weighted by Crippen LogP contribution is -2.00. The molecule has 0 bridgehead atoms. The van der Waals surface area contributed by atoms with Gasteiger partial charge in [-0.3, -0.25) is 0 Å². The Morgan fingerprint density at radius 3 is 2.68 bits per heavy atom. The maximum atomic E-state index is 10.9. The Kier molecular flexibility index (Phi) is 4.44. The summed E-state index contributed by atoms with van der Waals surface area (Å²) < 4.78 is 11.8. The fourth-order valence-corrected chi connectivity index (χ4v) is 2.90. The van der Waals surface area contributed by atoms with Gasteiger partial charge in [-0.05, 0) is 46.3 Å². The van der Waals surface area contributed by atoms with E-state index in [0.29, 0.717) is 18.1 Å². The smallest absolute Gasteiger partial charge is 0.335 e. The molecule has 1 N–H and O–H groups in total. The first-order valence-electron chi connectivity index (χ1n) is 5.38. The Bertz CT molecular complexity index is 594. The van der Waals surface area contributed by atoms with Gasteiger partial charge in [-0.2, -0.15) is 0 Å². The van der Waals surface area contributed by atoms with Gasteiger partial charge in [0.25, 0.3) is 0 Å². The van der Waals surface area contributed by atoms with E-state index >= 15 is 0 Å². The van der Waals surface area contributed by atoms with E-state index in [1.165, 1.54) is 19.2 Å². The summed E-state index contributed by atoms with van der Waals surface area (Å²) in [6.07, 6.45) is 0. The van der Waals surface area contributed by atoms with Gasteiger partial charge in [0.1, 0.15) is 6.61 Å². The number of aromatic carboxylic acids is 1. The third-order valence-corrected chi connectivity index (χ3v) is 4.01.